The molecule has 0 bridgehead atoms. The summed E-state index contributed by atoms with van der Waals surface area (Å²) in [6.45, 7) is 3.56. The number of nitrogens with one attached hydrogen (secondary N) is 1. The van der Waals surface area contributed by atoms with Gasteiger partial charge in [0, 0.05) is 30.9 Å². The third-order valence-electron chi connectivity index (χ3n) is 3.84. The molecule has 1 aliphatic rings. The van der Waals surface area contributed by atoms with Gasteiger partial charge in [-0.2, -0.15) is 0 Å². The van der Waals surface area contributed by atoms with E-state index in [-0.39, 0.29) is 11.9 Å². The van der Waals surface area contributed by atoms with Gasteiger partial charge in [0.25, 0.3) is 0 Å². The van der Waals surface area contributed by atoms with Crippen molar-refractivity contribution in [1.29, 1.82) is 0 Å². The standard InChI is InChI=1S/C16H24N2O4/c1-11(16(19)18-7-5-6-8-18)17-12-9-13(20-2)15(22-4)14(10-12)21-3/h9-11,17H,5-8H2,1-4H3/t11-/m1/s1. The van der Waals surface area contributed by atoms with Crippen molar-refractivity contribution in [2.24, 2.45) is 0 Å². The van der Waals surface area contributed by atoms with Crippen LogP contribution in [0.15, 0.2) is 12.1 Å². The average Bonchev–Trinajstić information content (AvgIpc) is 3.07. The zero-order valence-electron chi connectivity index (χ0n) is 13.6. The van der Waals surface area contributed by atoms with Crippen LogP contribution in [0.4, 0.5) is 5.69 Å². The molecular formula is C16H24N2O4. The number of methoxy groups -OCH3 is 3. The lowest BCUT2D eigenvalue weighted by Gasteiger charge is -2.22. The van der Waals surface area contributed by atoms with E-state index in [1.807, 2.05) is 11.8 Å². The van der Waals surface area contributed by atoms with Gasteiger partial charge in [0.1, 0.15) is 6.04 Å². The molecule has 1 N–H and O–H groups in total. The molecule has 0 aromatic heterocycles. The van der Waals surface area contributed by atoms with Crippen LogP contribution in [0.25, 0.3) is 0 Å². The first-order valence-electron chi connectivity index (χ1n) is 7.46. The number of ether oxygens (including phenoxy) is 3. The Morgan fingerprint density at radius 1 is 1.09 bits per heavy atom. The lowest BCUT2D eigenvalue weighted by Crippen LogP contribution is -2.39. The van der Waals surface area contributed by atoms with E-state index in [9.17, 15) is 4.79 Å². The Kier molecular flexibility index (Phi) is 5.35. The quantitative estimate of drug-likeness (QED) is 0.872. The van der Waals surface area contributed by atoms with Gasteiger partial charge in [0.05, 0.1) is 21.3 Å². The first kappa shape index (κ1) is 16.3. The van der Waals surface area contributed by atoms with Crippen molar-refractivity contribution in [1.82, 2.24) is 4.90 Å². The van der Waals surface area contributed by atoms with E-state index in [2.05, 4.69) is 5.32 Å². The number of carbonyl (C=O) groups is 1. The number of hydrogen-bond donors (Lipinski definition) is 1. The van der Waals surface area contributed by atoms with Crippen molar-refractivity contribution in [3.8, 4) is 17.2 Å². The lowest BCUT2D eigenvalue weighted by molar-refractivity contribution is -0.130. The van der Waals surface area contributed by atoms with Gasteiger partial charge in [-0.15, -0.1) is 0 Å². The number of rotatable bonds is 6. The number of nitrogens with zero attached hydrogens (tertiary/aromatic N) is 1. The van der Waals surface area contributed by atoms with Crippen molar-refractivity contribution >= 4 is 11.6 Å². The van der Waals surface area contributed by atoms with Crippen LogP contribution in [0.1, 0.15) is 19.8 Å². The van der Waals surface area contributed by atoms with Gasteiger partial charge in [-0.25, -0.2) is 0 Å². The van der Waals surface area contributed by atoms with Gasteiger partial charge in [-0.05, 0) is 19.8 Å². The van der Waals surface area contributed by atoms with Crippen LogP contribution in [0.5, 0.6) is 17.2 Å². The third-order valence-corrected chi connectivity index (χ3v) is 3.84. The van der Waals surface area contributed by atoms with E-state index in [1.54, 1.807) is 33.5 Å². The second-order valence-electron chi connectivity index (χ2n) is 5.31. The molecule has 1 saturated heterocycles. The number of benzene rings is 1. The van der Waals surface area contributed by atoms with E-state index in [1.165, 1.54) is 0 Å². The molecule has 1 amide bonds. The molecule has 0 aliphatic carbocycles. The van der Waals surface area contributed by atoms with Gasteiger partial charge in [0.15, 0.2) is 11.5 Å². The molecule has 1 heterocycles. The Bertz CT molecular complexity index is 502. The maximum absolute atomic E-state index is 12.4. The van der Waals surface area contributed by atoms with Crippen LogP contribution < -0.4 is 19.5 Å². The fourth-order valence-electron chi connectivity index (χ4n) is 2.69. The highest BCUT2D eigenvalue weighted by Gasteiger charge is 2.23. The van der Waals surface area contributed by atoms with E-state index in [0.717, 1.165) is 31.6 Å². The molecule has 6 heteroatoms. The minimum Gasteiger partial charge on any atom is -0.493 e. The molecule has 6 nitrogen and oxygen atoms in total. The number of amides is 1. The second-order valence-corrected chi connectivity index (χ2v) is 5.31. The van der Waals surface area contributed by atoms with Crippen LogP contribution in [-0.2, 0) is 4.79 Å². The first-order valence-corrected chi connectivity index (χ1v) is 7.46. The first-order chi connectivity index (χ1) is 10.6. The molecule has 2 rings (SSSR count). The molecule has 1 aliphatic heterocycles. The highest BCUT2D eigenvalue weighted by atomic mass is 16.5. The van der Waals surface area contributed by atoms with Crippen molar-refractivity contribution in [2.75, 3.05) is 39.7 Å². The number of carbonyl (C=O) groups excluding carboxylic acids is 1. The van der Waals surface area contributed by atoms with Crippen molar-refractivity contribution in [2.45, 2.75) is 25.8 Å². The summed E-state index contributed by atoms with van der Waals surface area (Å²) in [7, 11) is 4.70. The maximum Gasteiger partial charge on any atom is 0.244 e. The molecule has 0 spiro atoms. The number of likely N-dealkylation sites (tertiary alicyclic amines) is 1. The van der Waals surface area contributed by atoms with E-state index in [4.69, 9.17) is 14.2 Å². The summed E-state index contributed by atoms with van der Waals surface area (Å²) in [4.78, 5) is 14.3. The van der Waals surface area contributed by atoms with Crippen LogP contribution >= 0.6 is 0 Å². The molecule has 22 heavy (non-hydrogen) atoms. The highest BCUT2D eigenvalue weighted by Crippen LogP contribution is 2.40. The predicted molar refractivity (Wildman–Crippen MR) is 85.0 cm³/mol. The Balaban J connectivity index is 2.16. The van der Waals surface area contributed by atoms with Crippen molar-refractivity contribution < 1.29 is 19.0 Å². The molecule has 1 atom stereocenters. The number of hydrogen-bond acceptors (Lipinski definition) is 5. The molecule has 0 unspecified atom stereocenters. The van der Waals surface area contributed by atoms with Crippen LogP contribution in [0.3, 0.4) is 0 Å². The summed E-state index contributed by atoms with van der Waals surface area (Å²) >= 11 is 0. The second kappa shape index (κ2) is 7.24. The van der Waals surface area contributed by atoms with Gasteiger partial charge in [-0.3, -0.25) is 4.79 Å². The maximum atomic E-state index is 12.4. The minimum atomic E-state index is -0.305. The molecule has 0 saturated carbocycles. The number of anilines is 1. The summed E-state index contributed by atoms with van der Waals surface area (Å²) in [6.07, 6.45) is 2.17. The zero-order chi connectivity index (χ0) is 16.1. The molecule has 0 radical (unpaired) electrons. The van der Waals surface area contributed by atoms with Gasteiger partial charge >= 0.3 is 0 Å². The third kappa shape index (κ3) is 3.37. The summed E-state index contributed by atoms with van der Waals surface area (Å²) in [5, 5.41) is 3.21. The summed E-state index contributed by atoms with van der Waals surface area (Å²) in [5.74, 6) is 1.77. The molecule has 1 aromatic carbocycles. The predicted octanol–water partition coefficient (Wildman–Crippen LogP) is 2.14. The molecular weight excluding hydrogens is 284 g/mol. The summed E-state index contributed by atoms with van der Waals surface area (Å²) in [5.41, 5.74) is 0.759. The zero-order valence-corrected chi connectivity index (χ0v) is 13.6. The summed E-state index contributed by atoms with van der Waals surface area (Å²) in [6, 6.07) is 3.30. The minimum absolute atomic E-state index is 0.117. The normalized spacial score (nSPS) is 15.4. The molecule has 122 valence electrons. The fraction of sp³-hybridized carbons (Fsp3) is 0.562. The molecule has 1 aromatic rings. The van der Waals surface area contributed by atoms with Crippen LogP contribution in [0.2, 0.25) is 0 Å². The van der Waals surface area contributed by atoms with Crippen LogP contribution in [0, 0.1) is 0 Å². The van der Waals surface area contributed by atoms with Crippen molar-refractivity contribution in [3.63, 3.8) is 0 Å². The van der Waals surface area contributed by atoms with Crippen LogP contribution in [-0.4, -0.2) is 51.3 Å². The fourth-order valence-corrected chi connectivity index (χ4v) is 2.69. The largest absolute Gasteiger partial charge is 0.493 e. The van der Waals surface area contributed by atoms with Gasteiger partial charge in [-0.1, -0.05) is 0 Å². The summed E-state index contributed by atoms with van der Waals surface area (Å²) < 4.78 is 15.9. The van der Waals surface area contributed by atoms with Crippen molar-refractivity contribution in [3.05, 3.63) is 12.1 Å². The highest BCUT2D eigenvalue weighted by molar-refractivity contribution is 5.84. The Morgan fingerprint density at radius 3 is 2.09 bits per heavy atom. The Labute approximate surface area is 131 Å². The SMILES string of the molecule is COc1cc(N[C@H](C)C(=O)N2CCCC2)cc(OC)c1OC. The Morgan fingerprint density at radius 2 is 1.64 bits per heavy atom. The van der Waals surface area contributed by atoms with E-state index >= 15 is 0 Å². The van der Waals surface area contributed by atoms with E-state index in [0.29, 0.717) is 17.2 Å². The Hall–Kier alpha value is -2.11. The average molecular weight is 308 g/mol. The van der Waals surface area contributed by atoms with Gasteiger partial charge in [0.2, 0.25) is 11.7 Å². The topological polar surface area (TPSA) is 60.0 Å². The molecule has 1 fully saturated rings. The van der Waals surface area contributed by atoms with E-state index < -0.39 is 0 Å². The lowest BCUT2D eigenvalue weighted by atomic mass is 10.2. The smallest absolute Gasteiger partial charge is 0.244 e. The monoisotopic (exact) mass is 308 g/mol. The van der Waals surface area contributed by atoms with Gasteiger partial charge < -0.3 is 24.4 Å².